The van der Waals surface area contributed by atoms with Crippen LogP contribution in [0.25, 0.3) is 0 Å². The van der Waals surface area contributed by atoms with Crippen molar-refractivity contribution in [3.63, 3.8) is 0 Å². The lowest BCUT2D eigenvalue weighted by molar-refractivity contribution is 0.214. The van der Waals surface area contributed by atoms with Crippen LogP contribution in [0.3, 0.4) is 0 Å². The van der Waals surface area contributed by atoms with Crippen LogP contribution in [0.15, 0.2) is 30.3 Å². The Morgan fingerprint density at radius 2 is 1.68 bits per heavy atom. The van der Waals surface area contributed by atoms with Crippen molar-refractivity contribution in [2.45, 2.75) is 20.0 Å². The molecule has 1 unspecified atom stereocenters. The van der Waals surface area contributed by atoms with Gasteiger partial charge >= 0.3 is 0 Å². The second-order valence-corrected chi connectivity index (χ2v) is 4.94. The normalized spacial score (nSPS) is 12.5. The number of rotatable bonds is 2. The van der Waals surface area contributed by atoms with Gasteiger partial charge in [0.1, 0.15) is 17.7 Å². The first-order valence-corrected chi connectivity index (χ1v) is 6.17. The fourth-order valence-electron chi connectivity index (χ4n) is 1.89. The van der Waals surface area contributed by atoms with E-state index in [9.17, 15) is 13.9 Å². The van der Waals surface area contributed by atoms with Crippen molar-refractivity contribution in [3.05, 3.63) is 69.2 Å². The van der Waals surface area contributed by atoms with Crippen LogP contribution in [0.1, 0.15) is 28.4 Å². The summed E-state index contributed by atoms with van der Waals surface area (Å²) in [6.07, 6.45) is -1.22. The summed E-state index contributed by atoms with van der Waals surface area (Å²) in [5.41, 5.74) is 1.38. The first-order valence-electron chi connectivity index (χ1n) is 5.80. The van der Waals surface area contributed by atoms with Crippen LogP contribution in [0.5, 0.6) is 0 Å². The maximum absolute atomic E-state index is 13.8. The number of hydrogen-bond acceptors (Lipinski definition) is 1. The first-order chi connectivity index (χ1) is 8.90. The molecule has 100 valence electrons. The second-order valence-electron chi connectivity index (χ2n) is 4.53. The van der Waals surface area contributed by atoms with Gasteiger partial charge in [0.2, 0.25) is 0 Å². The molecule has 0 aliphatic carbocycles. The van der Waals surface area contributed by atoms with Gasteiger partial charge in [0.15, 0.2) is 0 Å². The van der Waals surface area contributed by atoms with E-state index in [0.717, 1.165) is 17.7 Å². The van der Waals surface area contributed by atoms with E-state index < -0.39 is 17.7 Å². The summed E-state index contributed by atoms with van der Waals surface area (Å²) < 4.78 is 27.3. The third kappa shape index (κ3) is 2.77. The van der Waals surface area contributed by atoms with Crippen LogP contribution < -0.4 is 0 Å². The van der Waals surface area contributed by atoms with Crippen molar-refractivity contribution in [3.8, 4) is 0 Å². The third-order valence-electron chi connectivity index (χ3n) is 3.07. The number of benzene rings is 2. The molecule has 0 spiro atoms. The van der Waals surface area contributed by atoms with Gasteiger partial charge in [-0.2, -0.15) is 0 Å². The van der Waals surface area contributed by atoms with Crippen molar-refractivity contribution in [2.24, 2.45) is 0 Å². The SMILES string of the molecule is Cc1cc(F)c(C(O)c2ccc(Cl)c(C)c2)cc1F. The van der Waals surface area contributed by atoms with Gasteiger partial charge in [-0.1, -0.05) is 23.7 Å². The Hall–Kier alpha value is -1.45. The van der Waals surface area contributed by atoms with E-state index in [-0.39, 0.29) is 11.1 Å². The minimum Gasteiger partial charge on any atom is -0.384 e. The Labute approximate surface area is 115 Å². The molecule has 0 amide bonds. The average Bonchev–Trinajstić information content (AvgIpc) is 2.36. The standard InChI is InChI=1S/C15H13ClF2O/c1-8-5-10(3-4-12(8)16)15(19)11-7-13(17)9(2)6-14(11)18/h3-7,15,19H,1-2H3. The summed E-state index contributed by atoms with van der Waals surface area (Å²) in [6.45, 7) is 3.26. The molecule has 0 aliphatic heterocycles. The molecule has 0 fully saturated rings. The van der Waals surface area contributed by atoms with Gasteiger partial charge in [-0.05, 0) is 48.7 Å². The molecule has 0 saturated carbocycles. The van der Waals surface area contributed by atoms with E-state index in [2.05, 4.69) is 0 Å². The molecule has 19 heavy (non-hydrogen) atoms. The van der Waals surface area contributed by atoms with Gasteiger partial charge in [0, 0.05) is 10.6 Å². The maximum Gasteiger partial charge on any atom is 0.129 e. The zero-order chi connectivity index (χ0) is 14.2. The number of aliphatic hydroxyl groups is 1. The Kier molecular flexibility index (Phi) is 3.88. The van der Waals surface area contributed by atoms with E-state index in [1.54, 1.807) is 25.1 Å². The Morgan fingerprint density at radius 3 is 2.32 bits per heavy atom. The first kappa shape index (κ1) is 14.0. The van der Waals surface area contributed by atoms with E-state index in [4.69, 9.17) is 11.6 Å². The predicted molar refractivity (Wildman–Crippen MR) is 71.3 cm³/mol. The smallest absolute Gasteiger partial charge is 0.129 e. The Morgan fingerprint density at radius 1 is 1.00 bits per heavy atom. The molecule has 0 heterocycles. The van der Waals surface area contributed by atoms with Crippen molar-refractivity contribution < 1.29 is 13.9 Å². The second kappa shape index (κ2) is 5.27. The quantitative estimate of drug-likeness (QED) is 0.870. The van der Waals surface area contributed by atoms with Crippen molar-refractivity contribution in [1.29, 1.82) is 0 Å². The third-order valence-corrected chi connectivity index (χ3v) is 3.49. The lowest BCUT2D eigenvalue weighted by Crippen LogP contribution is -2.04. The van der Waals surface area contributed by atoms with E-state index in [0.29, 0.717) is 10.6 Å². The highest BCUT2D eigenvalue weighted by molar-refractivity contribution is 6.31. The summed E-state index contributed by atoms with van der Waals surface area (Å²) in [5.74, 6) is -1.17. The van der Waals surface area contributed by atoms with Gasteiger partial charge in [-0.3, -0.25) is 0 Å². The summed E-state index contributed by atoms with van der Waals surface area (Å²) in [7, 11) is 0. The zero-order valence-corrected chi connectivity index (χ0v) is 11.3. The highest BCUT2D eigenvalue weighted by Crippen LogP contribution is 2.28. The minimum atomic E-state index is -1.22. The van der Waals surface area contributed by atoms with E-state index in [1.807, 2.05) is 0 Å². The molecule has 2 aromatic carbocycles. The van der Waals surface area contributed by atoms with Crippen LogP contribution in [0.4, 0.5) is 8.78 Å². The highest BCUT2D eigenvalue weighted by atomic mass is 35.5. The number of aliphatic hydroxyl groups excluding tert-OH is 1. The van der Waals surface area contributed by atoms with Crippen LogP contribution >= 0.6 is 11.6 Å². The fourth-order valence-corrected chi connectivity index (χ4v) is 2.01. The predicted octanol–water partition coefficient (Wildman–Crippen LogP) is 4.32. The molecule has 0 saturated heterocycles. The molecular weight excluding hydrogens is 270 g/mol. The molecule has 2 rings (SSSR count). The largest absolute Gasteiger partial charge is 0.384 e. The monoisotopic (exact) mass is 282 g/mol. The van der Waals surface area contributed by atoms with Crippen LogP contribution in [-0.4, -0.2) is 5.11 Å². The van der Waals surface area contributed by atoms with Gasteiger partial charge in [-0.25, -0.2) is 8.78 Å². The van der Waals surface area contributed by atoms with Gasteiger partial charge in [0.25, 0.3) is 0 Å². The fraction of sp³-hybridized carbons (Fsp3) is 0.200. The summed E-state index contributed by atoms with van der Waals surface area (Å²) in [4.78, 5) is 0. The lowest BCUT2D eigenvalue weighted by Gasteiger charge is -2.14. The van der Waals surface area contributed by atoms with E-state index in [1.165, 1.54) is 6.92 Å². The van der Waals surface area contributed by atoms with Gasteiger partial charge < -0.3 is 5.11 Å². The molecule has 1 atom stereocenters. The van der Waals surface area contributed by atoms with E-state index >= 15 is 0 Å². The van der Waals surface area contributed by atoms with Crippen molar-refractivity contribution in [1.82, 2.24) is 0 Å². The van der Waals surface area contributed by atoms with Crippen molar-refractivity contribution in [2.75, 3.05) is 0 Å². The number of hydrogen-bond donors (Lipinski definition) is 1. The molecule has 0 aromatic heterocycles. The molecule has 2 aromatic rings. The lowest BCUT2D eigenvalue weighted by atomic mass is 9.98. The zero-order valence-electron chi connectivity index (χ0n) is 10.5. The summed E-state index contributed by atoms with van der Waals surface area (Å²) >= 11 is 5.89. The Bertz CT molecular complexity index is 626. The van der Waals surface area contributed by atoms with Crippen LogP contribution in [0.2, 0.25) is 5.02 Å². The van der Waals surface area contributed by atoms with Crippen molar-refractivity contribution >= 4 is 11.6 Å². The minimum absolute atomic E-state index is 0.0789. The average molecular weight is 283 g/mol. The van der Waals surface area contributed by atoms with Crippen LogP contribution in [0, 0.1) is 25.5 Å². The van der Waals surface area contributed by atoms with Gasteiger partial charge in [-0.15, -0.1) is 0 Å². The molecular formula is C15H13ClF2O. The molecule has 0 bridgehead atoms. The molecule has 0 aliphatic rings. The topological polar surface area (TPSA) is 20.2 Å². The maximum atomic E-state index is 13.8. The van der Waals surface area contributed by atoms with Crippen LogP contribution in [-0.2, 0) is 0 Å². The molecule has 0 radical (unpaired) electrons. The molecule has 1 N–H and O–H groups in total. The molecule has 4 heteroatoms. The molecule has 1 nitrogen and oxygen atoms in total. The summed E-state index contributed by atoms with van der Waals surface area (Å²) in [6, 6.07) is 6.98. The number of halogens is 3. The number of aryl methyl sites for hydroxylation is 2. The van der Waals surface area contributed by atoms with Gasteiger partial charge in [0.05, 0.1) is 0 Å². The highest BCUT2D eigenvalue weighted by Gasteiger charge is 2.17. The Balaban J connectivity index is 2.46. The summed E-state index contributed by atoms with van der Waals surface area (Å²) in [5, 5.41) is 10.7.